The van der Waals surface area contributed by atoms with E-state index < -0.39 is 21.6 Å². The van der Waals surface area contributed by atoms with Crippen molar-refractivity contribution in [2.24, 2.45) is 0 Å². The van der Waals surface area contributed by atoms with Gasteiger partial charge >= 0.3 is 0 Å². The lowest BCUT2D eigenvalue weighted by Gasteiger charge is -2.14. The highest BCUT2D eigenvalue weighted by molar-refractivity contribution is 7.91. The van der Waals surface area contributed by atoms with Crippen LogP contribution in [0.5, 0.6) is 0 Å². The molecule has 8 heteroatoms. The molecule has 108 valence electrons. The third-order valence-electron chi connectivity index (χ3n) is 2.90. The normalized spacial score (nSPS) is 20.4. The molecule has 1 aromatic rings. The Morgan fingerprint density at radius 2 is 1.95 bits per heavy atom. The number of benzene rings is 1. The number of amides is 1. The molecule has 5 nitrogen and oxygen atoms in total. The fourth-order valence-electron chi connectivity index (χ4n) is 1.91. The van der Waals surface area contributed by atoms with Crippen LogP contribution in [0.25, 0.3) is 0 Å². The van der Waals surface area contributed by atoms with Gasteiger partial charge in [0.15, 0.2) is 14.9 Å². The number of halogens is 1. The summed E-state index contributed by atoms with van der Waals surface area (Å²) >= 11 is 4.96. The summed E-state index contributed by atoms with van der Waals surface area (Å²) < 4.78 is 35.3. The fourth-order valence-corrected chi connectivity index (χ4v) is 3.84. The van der Waals surface area contributed by atoms with Gasteiger partial charge in [-0.2, -0.15) is 0 Å². The second kappa shape index (κ2) is 5.84. The molecular formula is C12H13FN2O3S2. The summed E-state index contributed by atoms with van der Waals surface area (Å²) in [6.45, 7) is 0. The molecule has 20 heavy (non-hydrogen) atoms. The minimum Gasteiger partial charge on any atom is -0.359 e. The van der Waals surface area contributed by atoms with Gasteiger partial charge in [0.25, 0.3) is 5.91 Å². The number of thiocarbonyl (C=S) groups is 1. The van der Waals surface area contributed by atoms with Crippen LogP contribution in [0.4, 0.5) is 4.39 Å². The van der Waals surface area contributed by atoms with E-state index in [9.17, 15) is 17.6 Å². The molecule has 0 unspecified atom stereocenters. The third kappa shape index (κ3) is 3.97. The maximum Gasteiger partial charge on any atom is 0.257 e. The van der Waals surface area contributed by atoms with Crippen molar-refractivity contribution in [1.82, 2.24) is 10.6 Å². The van der Waals surface area contributed by atoms with E-state index in [1.165, 1.54) is 24.3 Å². The number of hydrogen-bond acceptors (Lipinski definition) is 4. The van der Waals surface area contributed by atoms with Crippen molar-refractivity contribution in [2.45, 2.75) is 12.5 Å². The van der Waals surface area contributed by atoms with Crippen LogP contribution in [-0.2, 0) is 9.84 Å². The molecule has 1 saturated heterocycles. The quantitative estimate of drug-likeness (QED) is 0.782. The largest absolute Gasteiger partial charge is 0.359 e. The number of carbonyl (C=O) groups excluding carboxylic acids is 1. The molecule has 0 aliphatic carbocycles. The van der Waals surface area contributed by atoms with Crippen LogP contribution in [0.1, 0.15) is 16.8 Å². The molecule has 0 spiro atoms. The Labute approximate surface area is 121 Å². The highest BCUT2D eigenvalue weighted by atomic mass is 32.2. The zero-order valence-electron chi connectivity index (χ0n) is 10.4. The predicted molar refractivity (Wildman–Crippen MR) is 76.7 cm³/mol. The van der Waals surface area contributed by atoms with Crippen molar-refractivity contribution in [3.05, 3.63) is 35.6 Å². The minimum absolute atomic E-state index is 0.0135. The van der Waals surface area contributed by atoms with Gasteiger partial charge in [-0.1, -0.05) is 0 Å². The Morgan fingerprint density at radius 3 is 2.50 bits per heavy atom. The van der Waals surface area contributed by atoms with E-state index >= 15 is 0 Å². The Balaban J connectivity index is 1.88. The monoisotopic (exact) mass is 316 g/mol. The standard InChI is InChI=1S/C12H13FN2O3S2/c13-9-3-1-8(2-4-9)11(16)15-12(19)14-10-5-6-20(17,18)7-10/h1-4,10H,5-7H2,(H2,14,15,16,19)/t10-/m1/s1. The molecule has 0 aromatic heterocycles. The minimum atomic E-state index is -3.00. The van der Waals surface area contributed by atoms with Gasteiger partial charge in [0.05, 0.1) is 11.5 Å². The smallest absolute Gasteiger partial charge is 0.257 e. The number of carbonyl (C=O) groups is 1. The molecule has 1 fully saturated rings. The van der Waals surface area contributed by atoms with Gasteiger partial charge in [-0.25, -0.2) is 12.8 Å². The lowest BCUT2D eigenvalue weighted by molar-refractivity contribution is 0.0976. The van der Waals surface area contributed by atoms with Crippen LogP contribution in [0.2, 0.25) is 0 Å². The second-order valence-electron chi connectivity index (χ2n) is 4.53. The molecule has 1 aromatic carbocycles. The molecule has 1 heterocycles. The Bertz CT molecular complexity index is 629. The molecular weight excluding hydrogens is 303 g/mol. The van der Waals surface area contributed by atoms with E-state index in [0.717, 1.165) is 0 Å². The highest BCUT2D eigenvalue weighted by Crippen LogP contribution is 2.11. The van der Waals surface area contributed by atoms with Crippen LogP contribution >= 0.6 is 12.2 Å². The van der Waals surface area contributed by atoms with E-state index in [4.69, 9.17) is 12.2 Å². The first-order valence-electron chi connectivity index (χ1n) is 5.93. The molecule has 1 aliphatic rings. The summed E-state index contributed by atoms with van der Waals surface area (Å²) in [6, 6.07) is 4.76. The number of hydrogen-bond donors (Lipinski definition) is 2. The van der Waals surface area contributed by atoms with Crippen molar-refractivity contribution in [1.29, 1.82) is 0 Å². The van der Waals surface area contributed by atoms with E-state index in [2.05, 4.69) is 10.6 Å². The molecule has 0 bridgehead atoms. The van der Waals surface area contributed by atoms with Crippen molar-refractivity contribution in [3.8, 4) is 0 Å². The van der Waals surface area contributed by atoms with Gasteiger partial charge < -0.3 is 5.32 Å². The lowest BCUT2D eigenvalue weighted by Crippen LogP contribution is -2.44. The summed E-state index contributed by atoms with van der Waals surface area (Å²) in [6.07, 6.45) is 0.467. The van der Waals surface area contributed by atoms with Crippen LogP contribution in [0.15, 0.2) is 24.3 Å². The first-order chi connectivity index (χ1) is 9.35. The van der Waals surface area contributed by atoms with Crippen molar-refractivity contribution < 1.29 is 17.6 Å². The summed E-state index contributed by atoms with van der Waals surface area (Å²) in [4.78, 5) is 11.8. The first-order valence-corrected chi connectivity index (χ1v) is 8.16. The third-order valence-corrected chi connectivity index (χ3v) is 4.89. The molecule has 2 N–H and O–H groups in total. The second-order valence-corrected chi connectivity index (χ2v) is 7.17. The Kier molecular flexibility index (Phi) is 4.34. The van der Waals surface area contributed by atoms with Crippen LogP contribution in [0, 0.1) is 5.82 Å². The molecule has 1 amide bonds. The summed E-state index contributed by atoms with van der Waals surface area (Å²) in [5.74, 6) is -0.763. The van der Waals surface area contributed by atoms with E-state index in [1.807, 2.05) is 0 Å². The maximum atomic E-state index is 12.7. The average Bonchev–Trinajstić information content (AvgIpc) is 2.69. The summed E-state index contributed by atoms with van der Waals surface area (Å²) in [7, 11) is -3.00. The van der Waals surface area contributed by atoms with Crippen molar-refractivity contribution in [2.75, 3.05) is 11.5 Å². The first kappa shape index (κ1) is 14.9. The molecule has 0 saturated carbocycles. The lowest BCUT2D eigenvalue weighted by atomic mass is 10.2. The van der Waals surface area contributed by atoms with Gasteiger partial charge in [-0.15, -0.1) is 0 Å². The molecule has 1 atom stereocenters. The molecule has 0 radical (unpaired) electrons. The van der Waals surface area contributed by atoms with Gasteiger partial charge in [0.1, 0.15) is 5.82 Å². The van der Waals surface area contributed by atoms with Gasteiger partial charge in [0, 0.05) is 11.6 Å². The van der Waals surface area contributed by atoms with Crippen molar-refractivity contribution >= 4 is 33.1 Å². The fraction of sp³-hybridized carbons (Fsp3) is 0.333. The van der Waals surface area contributed by atoms with Crippen LogP contribution < -0.4 is 10.6 Å². The van der Waals surface area contributed by atoms with Crippen LogP contribution in [-0.4, -0.2) is 37.0 Å². The topological polar surface area (TPSA) is 75.3 Å². The average molecular weight is 316 g/mol. The van der Waals surface area contributed by atoms with E-state index in [-0.39, 0.29) is 28.2 Å². The number of sulfone groups is 1. The summed E-state index contributed by atoms with van der Waals surface area (Å²) in [5, 5.41) is 5.30. The predicted octanol–water partition coefficient (Wildman–Crippen LogP) is 0.617. The summed E-state index contributed by atoms with van der Waals surface area (Å²) in [5.41, 5.74) is 0.273. The number of rotatable bonds is 2. The zero-order chi connectivity index (χ0) is 14.8. The van der Waals surface area contributed by atoms with E-state index in [1.54, 1.807) is 0 Å². The van der Waals surface area contributed by atoms with Crippen molar-refractivity contribution in [3.63, 3.8) is 0 Å². The Morgan fingerprint density at radius 1 is 1.30 bits per heavy atom. The van der Waals surface area contributed by atoms with Gasteiger partial charge in [-0.05, 0) is 42.9 Å². The van der Waals surface area contributed by atoms with E-state index in [0.29, 0.717) is 6.42 Å². The SMILES string of the molecule is O=C(NC(=S)N[C@@H]1CCS(=O)(=O)C1)c1ccc(F)cc1. The Hall–Kier alpha value is -1.54. The molecule has 2 rings (SSSR count). The zero-order valence-corrected chi connectivity index (χ0v) is 12.1. The number of nitrogens with one attached hydrogen (secondary N) is 2. The highest BCUT2D eigenvalue weighted by Gasteiger charge is 2.28. The van der Waals surface area contributed by atoms with Crippen LogP contribution in [0.3, 0.4) is 0 Å². The van der Waals surface area contributed by atoms with Gasteiger partial charge in [-0.3, -0.25) is 10.1 Å². The molecule has 1 aliphatic heterocycles. The maximum absolute atomic E-state index is 12.7. The van der Waals surface area contributed by atoms with Gasteiger partial charge in [0.2, 0.25) is 0 Å².